The predicted molar refractivity (Wildman–Crippen MR) is 94.8 cm³/mol. The van der Waals surface area contributed by atoms with Crippen LogP contribution in [0.1, 0.15) is 17.3 Å². The van der Waals surface area contributed by atoms with Gasteiger partial charge in [0.2, 0.25) is 0 Å². The third-order valence-corrected chi connectivity index (χ3v) is 3.80. The molecule has 26 heavy (non-hydrogen) atoms. The lowest BCUT2D eigenvalue weighted by Gasteiger charge is -2.09. The molecule has 8 heteroatoms. The second kappa shape index (κ2) is 9.76. The number of rotatable bonds is 8. The monoisotopic (exact) mass is 381 g/mol. The molecule has 0 unspecified atom stereocenters. The van der Waals surface area contributed by atoms with E-state index < -0.39 is 17.6 Å². The quantitative estimate of drug-likeness (QED) is 0.549. The standard InChI is InChI=1S/C18H17F2NO4S/c1-2-24-17(23)12-4-3-5-14(10-12)25-11-16(22)21-13-6-8-15(9-7-13)26-18(19)20/h3-10,18H,2,11H2,1H3,(H,21,22). The minimum absolute atomic E-state index is 0.264. The van der Waals surface area contributed by atoms with E-state index in [0.717, 1.165) is 0 Å². The van der Waals surface area contributed by atoms with Gasteiger partial charge in [-0.15, -0.1) is 0 Å². The van der Waals surface area contributed by atoms with Gasteiger partial charge in [0.05, 0.1) is 12.2 Å². The van der Waals surface area contributed by atoms with Crippen LogP contribution in [0.4, 0.5) is 14.5 Å². The summed E-state index contributed by atoms with van der Waals surface area (Å²) in [7, 11) is 0. The largest absolute Gasteiger partial charge is 0.484 e. The summed E-state index contributed by atoms with van der Waals surface area (Å²) < 4.78 is 34.8. The fraction of sp³-hybridized carbons (Fsp3) is 0.222. The smallest absolute Gasteiger partial charge is 0.338 e. The molecule has 0 radical (unpaired) electrons. The lowest BCUT2D eigenvalue weighted by molar-refractivity contribution is -0.118. The number of halogens is 2. The van der Waals surface area contributed by atoms with Gasteiger partial charge in [-0.05, 0) is 49.4 Å². The number of thioether (sulfide) groups is 1. The molecule has 0 aliphatic carbocycles. The fourth-order valence-electron chi connectivity index (χ4n) is 1.99. The topological polar surface area (TPSA) is 64.6 Å². The van der Waals surface area contributed by atoms with Crippen molar-refractivity contribution in [2.75, 3.05) is 18.5 Å². The number of hydrogen-bond acceptors (Lipinski definition) is 5. The fourth-order valence-corrected chi connectivity index (χ4v) is 2.49. The number of carbonyl (C=O) groups excluding carboxylic acids is 2. The number of carbonyl (C=O) groups is 2. The number of benzene rings is 2. The van der Waals surface area contributed by atoms with Crippen molar-refractivity contribution < 1.29 is 27.8 Å². The van der Waals surface area contributed by atoms with Crippen LogP contribution in [-0.4, -0.2) is 30.8 Å². The first kappa shape index (κ1) is 19.7. The lowest BCUT2D eigenvalue weighted by Crippen LogP contribution is -2.20. The molecule has 2 rings (SSSR count). The van der Waals surface area contributed by atoms with Gasteiger partial charge >= 0.3 is 5.97 Å². The van der Waals surface area contributed by atoms with Crippen LogP contribution in [-0.2, 0) is 9.53 Å². The normalized spacial score (nSPS) is 10.5. The number of nitrogens with one attached hydrogen (secondary N) is 1. The highest BCUT2D eigenvalue weighted by atomic mass is 32.2. The minimum Gasteiger partial charge on any atom is -0.484 e. The van der Waals surface area contributed by atoms with E-state index in [4.69, 9.17) is 9.47 Å². The molecule has 1 N–H and O–H groups in total. The molecular weight excluding hydrogens is 364 g/mol. The Balaban J connectivity index is 1.87. The molecule has 0 saturated carbocycles. The van der Waals surface area contributed by atoms with E-state index in [1.165, 1.54) is 30.3 Å². The Hall–Kier alpha value is -2.61. The summed E-state index contributed by atoms with van der Waals surface area (Å²) in [4.78, 5) is 24.0. The molecule has 0 atom stereocenters. The molecule has 0 aromatic heterocycles. The van der Waals surface area contributed by atoms with Crippen LogP contribution in [0.25, 0.3) is 0 Å². The van der Waals surface area contributed by atoms with Crippen molar-refractivity contribution in [3.8, 4) is 5.75 Å². The van der Waals surface area contributed by atoms with Crippen molar-refractivity contribution in [1.29, 1.82) is 0 Å². The summed E-state index contributed by atoms with van der Waals surface area (Å²) in [5.41, 5.74) is 0.800. The van der Waals surface area contributed by atoms with E-state index >= 15 is 0 Å². The van der Waals surface area contributed by atoms with Gasteiger partial charge in [0.1, 0.15) is 5.75 Å². The van der Waals surface area contributed by atoms with Crippen molar-refractivity contribution >= 4 is 29.3 Å². The van der Waals surface area contributed by atoms with Gasteiger partial charge in [0.25, 0.3) is 11.7 Å². The summed E-state index contributed by atoms with van der Waals surface area (Å²) in [5.74, 6) is -3.02. The Labute approximate surface area is 153 Å². The first-order valence-corrected chi connectivity index (χ1v) is 8.60. The highest BCUT2D eigenvalue weighted by Crippen LogP contribution is 2.26. The van der Waals surface area contributed by atoms with Crippen LogP contribution in [0.2, 0.25) is 0 Å². The Morgan fingerprint density at radius 1 is 1.15 bits per heavy atom. The Bertz CT molecular complexity index is 753. The van der Waals surface area contributed by atoms with Crippen LogP contribution in [0.3, 0.4) is 0 Å². The molecule has 0 saturated heterocycles. The molecule has 0 fully saturated rings. The summed E-state index contributed by atoms with van der Waals surface area (Å²) in [6.45, 7) is 1.71. The maximum Gasteiger partial charge on any atom is 0.338 e. The second-order valence-corrected chi connectivity index (χ2v) is 6.05. The zero-order valence-corrected chi connectivity index (χ0v) is 14.7. The van der Waals surface area contributed by atoms with Crippen LogP contribution in [0.15, 0.2) is 53.4 Å². The number of alkyl halides is 2. The highest BCUT2D eigenvalue weighted by Gasteiger charge is 2.09. The molecule has 0 spiro atoms. The summed E-state index contributed by atoms with van der Waals surface area (Å²) in [5, 5.41) is 2.60. The van der Waals surface area contributed by atoms with Gasteiger partial charge in [-0.2, -0.15) is 8.78 Å². The van der Waals surface area contributed by atoms with Crippen LogP contribution in [0.5, 0.6) is 5.75 Å². The Morgan fingerprint density at radius 3 is 2.54 bits per heavy atom. The Morgan fingerprint density at radius 2 is 1.88 bits per heavy atom. The number of amides is 1. The number of ether oxygens (including phenoxy) is 2. The molecule has 0 aliphatic rings. The van der Waals surface area contributed by atoms with Gasteiger partial charge in [-0.1, -0.05) is 17.8 Å². The second-order valence-electron chi connectivity index (χ2n) is 4.99. The van der Waals surface area contributed by atoms with Crippen molar-refractivity contribution in [2.24, 2.45) is 0 Å². The average molecular weight is 381 g/mol. The van der Waals surface area contributed by atoms with Gasteiger partial charge in [-0.25, -0.2) is 4.79 Å². The third kappa shape index (κ3) is 6.36. The summed E-state index contributed by atoms with van der Waals surface area (Å²) >= 11 is 0.432. The van der Waals surface area contributed by atoms with E-state index in [0.29, 0.717) is 33.7 Å². The van der Waals surface area contributed by atoms with Crippen LogP contribution < -0.4 is 10.1 Å². The number of esters is 1. The molecule has 2 aromatic rings. The molecule has 0 aliphatic heterocycles. The third-order valence-electron chi connectivity index (χ3n) is 3.08. The van der Waals surface area contributed by atoms with E-state index in [9.17, 15) is 18.4 Å². The average Bonchev–Trinajstić information content (AvgIpc) is 2.62. The SMILES string of the molecule is CCOC(=O)c1cccc(OCC(=O)Nc2ccc(SC(F)F)cc2)c1. The molecule has 0 bridgehead atoms. The summed E-state index contributed by atoms with van der Waals surface area (Å²) in [6, 6.07) is 12.4. The van der Waals surface area contributed by atoms with Gasteiger partial charge in [0, 0.05) is 10.6 Å². The van der Waals surface area contributed by atoms with Gasteiger partial charge < -0.3 is 14.8 Å². The summed E-state index contributed by atoms with van der Waals surface area (Å²) in [6.07, 6.45) is 0. The van der Waals surface area contributed by atoms with E-state index in [-0.39, 0.29) is 13.2 Å². The van der Waals surface area contributed by atoms with E-state index in [1.807, 2.05) is 0 Å². The molecule has 138 valence electrons. The molecule has 2 aromatic carbocycles. The number of anilines is 1. The van der Waals surface area contributed by atoms with E-state index in [2.05, 4.69) is 5.32 Å². The molecule has 5 nitrogen and oxygen atoms in total. The van der Waals surface area contributed by atoms with Gasteiger partial charge in [-0.3, -0.25) is 4.79 Å². The van der Waals surface area contributed by atoms with Crippen LogP contribution >= 0.6 is 11.8 Å². The lowest BCUT2D eigenvalue weighted by atomic mass is 10.2. The zero-order valence-electron chi connectivity index (χ0n) is 13.9. The first-order valence-electron chi connectivity index (χ1n) is 7.72. The molecule has 0 heterocycles. The predicted octanol–water partition coefficient (Wildman–Crippen LogP) is 4.20. The Kier molecular flexibility index (Phi) is 7.40. The van der Waals surface area contributed by atoms with Crippen molar-refractivity contribution in [1.82, 2.24) is 0 Å². The molecule has 1 amide bonds. The van der Waals surface area contributed by atoms with Crippen molar-refractivity contribution in [3.63, 3.8) is 0 Å². The van der Waals surface area contributed by atoms with Crippen LogP contribution in [0, 0.1) is 0 Å². The van der Waals surface area contributed by atoms with E-state index in [1.54, 1.807) is 25.1 Å². The highest BCUT2D eigenvalue weighted by molar-refractivity contribution is 7.99. The zero-order chi connectivity index (χ0) is 18.9. The molecular formula is C18H17F2NO4S. The maximum atomic E-state index is 12.3. The number of hydrogen-bond donors (Lipinski definition) is 1. The first-order chi connectivity index (χ1) is 12.5. The van der Waals surface area contributed by atoms with Crippen molar-refractivity contribution in [2.45, 2.75) is 17.6 Å². The minimum atomic E-state index is -2.49. The van der Waals surface area contributed by atoms with Crippen molar-refractivity contribution in [3.05, 3.63) is 54.1 Å². The van der Waals surface area contributed by atoms with Gasteiger partial charge in [0.15, 0.2) is 6.61 Å². The maximum absolute atomic E-state index is 12.3.